The average molecular weight is 310 g/mol. The van der Waals surface area contributed by atoms with Gasteiger partial charge in [0, 0.05) is 24.1 Å². The van der Waals surface area contributed by atoms with Crippen LogP contribution in [-0.4, -0.2) is 42.0 Å². The molecule has 3 rings (SSSR count). The summed E-state index contributed by atoms with van der Waals surface area (Å²) in [5, 5.41) is 15.8. The van der Waals surface area contributed by atoms with Gasteiger partial charge in [-0.1, -0.05) is 26.2 Å². The lowest BCUT2D eigenvalue weighted by Gasteiger charge is -2.39. The third-order valence-corrected chi connectivity index (χ3v) is 6.09. The predicted molar refractivity (Wildman–Crippen MR) is 84.7 cm³/mol. The molecule has 3 unspecified atom stereocenters. The van der Waals surface area contributed by atoms with E-state index in [0.717, 1.165) is 51.6 Å². The number of nitrogens with one attached hydrogen (secondary N) is 2. The Morgan fingerprint density at radius 1 is 1.18 bits per heavy atom. The van der Waals surface area contributed by atoms with Gasteiger partial charge in [-0.3, -0.25) is 0 Å². The summed E-state index contributed by atoms with van der Waals surface area (Å²) in [4.78, 5) is 12.3. The maximum absolute atomic E-state index is 12.3. The molecule has 0 bridgehead atoms. The van der Waals surface area contributed by atoms with Crippen LogP contribution >= 0.6 is 0 Å². The van der Waals surface area contributed by atoms with E-state index in [0.29, 0.717) is 0 Å². The zero-order chi connectivity index (χ0) is 15.6. The average Bonchev–Trinajstić information content (AvgIpc) is 3.08. The van der Waals surface area contributed by atoms with E-state index in [2.05, 4.69) is 17.6 Å². The summed E-state index contributed by atoms with van der Waals surface area (Å²) < 4.78 is 6.02. The molecule has 22 heavy (non-hydrogen) atoms. The zero-order valence-corrected chi connectivity index (χ0v) is 13.7. The van der Waals surface area contributed by atoms with Gasteiger partial charge in [-0.05, 0) is 38.5 Å². The highest BCUT2D eigenvalue weighted by Crippen LogP contribution is 2.40. The minimum atomic E-state index is -0.167. The second-order valence-corrected chi connectivity index (χ2v) is 7.80. The highest BCUT2D eigenvalue weighted by molar-refractivity contribution is 5.74. The lowest BCUT2D eigenvalue weighted by Crippen LogP contribution is -2.53. The smallest absolute Gasteiger partial charge is 0.315 e. The van der Waals surface area contributed by atoms with Crippen LogP contribution in [0.25, 0.3) is 0 Å². The third kappa shape index (κ3) is 3.25. The van der Waals surface area contributed by atoms with E-state index >= 15 is 0 Å². The maximum atomic E-state index is 12.3. The van der Waals surface area contributed by atoms with Crippen LogP contribution in [0.5, 0.6) is 0 Å². The van der Waals surface area contributed by atoms with Crippen LogP contribution in [0, 0.1) is 5.41 Å². The van der Waals surface area contributed by atoms with Gasteiger partial charge in [-0.25, -0.2) is 4.79 Å². The quantitative estimate of drug-likeness (QED) is 0.749. The molecule has 5 heteroatoms. The van der Waals surface area contributed by atoms with Gasteiger partial charge in [0.25, 0.3) is 0 Å². The monoisotopic (exact) mass is 310 g/mol. The molecular formula is C17H30N2O3. The molecule has 5 nitrogen and oxygen atoms in total. The Balaban J connectivity index is 1.51. The SMILES string of the molecule is CC1(CO)CCCC1NC(=O)NC1CCOC2(CCCC2)C1. The number of carbonyl (C=O) groups excluding carboxylic acids is 1. The van der Waals surface area contributed by atoms with Gasteiger partial charge in [0.15, 0.2) is 0 Å². The molecular weight excluding hydrogens is 280 g/mol. The van der Waals surface area contributed by atoms with Crippen LogP contribution < -0.4 is 10.6 Å². The van der Waals surface area contributed by atoms with Crippen molar-refractivity contribution in [3.63, 3.8) is 0 Å². The third-order valence-electron chi connectivity index (χ3n) is 6.09. The summed E-state index contributed by atoms with van der Waals surface area (Å²) in [6.07, 6.45) is 9.63. The molecule has 1 spiro atoms. The standard InChI is InChI=1S/C17H30N2O3/c1-16(12-20)7-4-5-14(16)19-15(21)18-13-6-10-22-17(11-13)8-2-3-9-17/h13-14,20H,2-12H2,1H3,(H2,18,19,21). The van der Waals surface area contributed by atoms with Crippen LogP contribution in [0.2, 0.25) is 0 Å². The van der Waals surface area contributed by atoms with Gasteiger partial charge in [-0.15, -0.1) is 0 Å². The second-order valence-electron chi connectivity index (χ2n) is 7.80. The number of aliphatic hydroxyl groups is 1. The number of hydrogen-bond acceptors (Lipinski definition) is 3. The van der Waals surface area contributed by atoms with Crippen molar-refractivity contribution in [1.82, 2.24) is 10.6 Å². The molecule has 1 heterocycles. The summed E-state index contributed by atoms with van der Waals surface area (Å²) in [7, 11) is 0. The van der Waals surface area contributed by atoms with Gasteiger partial charge in [0.1, 0.15) is 0 Å². The number of amides is 2. The molecule has 2 saturated carbocycles. The summed E-state index contributed by atoms with van der Waals surface area (Å²) in [5.41, 5.74) is -0.136. The van der Waals surface area contributed by atoms with Crippen molar-refractivity contribution in [2.45, 2.75) is 82.4 Å². The molecule has 0 radical (unpaired) electrons. The molecule has 3 aliphatic rings. The van der Waals surface area contributed by atoms with E-state index in [1.165, 1.54) is 12.8 Å². The van der Waals surface area contributed by atoms with Crippen LogP contribution in [0.3, 0.4) is 0 Å². The number of aliphatic hydroxyl groups excluding tert-OH is 1. The first-order valence-corrected chi connectivity index (χ1v) is 8.87. The topological polar surface area (TPSA) is 70.6 Å². The van der Waals surface area contributed by atoms with Crippen molar-refractivity contribution in [2.75, 3.05) is 13.2 Å². The van der Waals surface area contributed by atoms with E-state index in [4.69, 9.17) is 4.74 Å². The predicted octanol–water partition coefficient (Wildman–Crippen LogP) is 2.33. The molecule has 1 saturated heterocycles. The second kappa shape index (κ2) is 6.36. The largest absolute Gasteiger partial charge is 0.396 e. The van der Waals surface area contributed by atoms with Crippen molar-refractivity contribution in [1.29, 1.82) is 0 Å². The molecule has 0 aromatic carbocycles. The first-order chi connectivity index (χ1) is 10.6. The van der Waals surface area contributed by atoms with Gasteiger partial charge in [0.2, 0.25) is 0 Å². The highest BCUT2D eigenvalue weighted by atomic mass is 16.5. The number of ether oxygens (including phenoxy) is 1. The first-order valence-electron chi connectivity index (χ1n) is 8.87. The molecule has 0 aromatic rings. The Labute approximate surface area is 133 Å². The Morgan fingerprint density at radius 2 is 1.95 bits per heavy atom. The van der Waals surface area contributed by atoms with Crippen LogP contribution in [0.4, 0.5) is 4.79 Å². The van der Waals surface area contributed by atoms with E-state index in [-0.39, 0.29) is 35.7 Å². The molecule has 3 fully saturated rings. The fourth-order valence-corrected chi connectivity index (χ4v) is 4.57. The van der Waals surface area contributed by atoms with E-state index in [1.54, 1.807) is 0 Å². The van der Waals surface area contributed by atoms with Crippen molar-refractivity contribution in [3.05, 3.63) is 0 Å². The minimum Gasteiger partial charge on any atom is -0.396 e. The number of carbonyl (C=O) groups is 1. The summed E-state index contributed by atoms with van der Waals surface area (Å²) in [6.45, 7) is 2.95. The Bertz CT molecular complexity index is 409. The van der Waals surface area contributed by atoms with Crippen molar-refractivity contribution < 1.29 is 14.6 Å². The molecule has 2 aliphatic carbocycles. The van der Waals surface area contributed by atoms with E-state index in [9.17, 15) is 9.90 Å². The zero-order valence-electron chi connectivity index (χ0n) is 13.7. The number of hydrogen-bond donors (Lipinski definition) is 3. The van der Waals surface area contributed by atoms with Gasteiger partial charge >= 0.3 is 6.03 Å². The van der Waals surface area contributed by atoms with Crippen LogP contribution in [-0.2, 0) is 4.74 Å². The molecule has 1 aliphatic heterocycles. The Morgan fingerprint density at radius 3 is 2.68 bits per heavy atom. The van der Waals surface area contributed by atoms with Gasteiger partial charge in [0.05, 0.1) is 12.2 Å². The van der Waals surface area contributed by atoms with E-state index < -0.39 is 0 Å². The lowest BCUT2D eigenvalue weighted by molar-refractivity contribution is -0.0820. The molecule has 3 atom stereocenters. The van der Waals surface area contributed by atoms with Gasteiger partial charge in [-0.2, -0.15) is 0 Å². The normalized spacial score (nSPS) is 37.4. The Kier molecular flexibility index (Phi) is 4.64. The number of rotatable bonds is 3. The van der Waals surface area contributed by atoms with Gasteiger partial charge < -0.3 is 20.5 Å². The Hall–Kier alpha value is -0.810. The van der Waals surface area contributed by atoms with Crippen molar-refractivity contribution in [3.8, 4) is 0 Å². The molecule has 126 valence electrons. The van der Waals surface area contributed by atoms with Crippen molar-refractivity contribution >= 4 is 6.03 Å². The summed E-state index contributed by atoms with van der Waals surface area (Å²) in [6, 6.07) is 0.220. The molecule has 0 aromatic heterocycles. The fraction of sp³-hybridized carbons (Fsp3) is 0.941. The lowest BCUT2D eigenvalue weighted by atomic mass is 9.86. The number of urea groups is 1. The molecule has 3 N–H and O–H groups in total. The summed E-state index contributed by atoms with van der Waals surface area (Å²) in [5.74, 6) is 0. The fourth-order valence-electron chi connectivity index (χ4n) is 4.57. The van der Waals surface area contributed by atoms with Crippen LogP contribution in [0.15, 0.2) is 0 Å². The van der Waals surface area contributed by atoms with Crippen LogP contribution in [0.1, 0.15) is 64.7 Å². The van der Waals surface area contributed by atoms with Crippen molar-refractivity contribution in [2.24, 2.45) is 5.41 Å². The van der Waals surface area contributed by atoms with E-state index in [1.807, 2.05) is 0 Å². The highest BCUT2D eigenvalue weighted by Gasteiger charge is 2.42. The maximum Gasteiger partial charge on any atom is 0.315 e. The molecule has 2 amide bonds. The minimum absolute atomic E-state index is 0.0309. The first kappa shape index (κ1) is 16.1. The summed E-state index contributed by atoms with van der Waals surface area (Å²) >= 11 is 0.